The molecule has 68 valence electrons. The third-order valence-corrected chi connectivity index (χ3v) is 1.60. The molecular weight excluding hydrogens is 165 g/mol. The monoisotopic (exact) mass is 177 g/mol. The number of rotatable bonds is 2. The Kier molecular flexibility index (Phi) is 2.85. The smallest absolute Gasteiger partial charge is 0.123 e. The van der Waals surface area contributed by atoms with Gasteiger partial charge in [-0.25, -0.2) is 4.39 Å². The van der Waals surface area contributed by atoms with Crippen molar-refractivity contribution in [3.63, 3.8) is 0 Å². The first kappa shape index (κ1) is 9.52. The van der Waals surface area contributed by atoms with Crippen molar-refractivity contribution in [2.75, 3.05) is 5.73 Å². The number of benzene rings is 1. The maximum Gasteiger partial charge on any atom is 0.123 e. The molecule has 0 saturated heterocycles. The van der Waals surface area contributed by atoms with Gasteiger partial charge in [0.2, 0.25) is 0 Å². The van der Waals surface area contributed by atoms with Crippen molar-refractivity contribution in [1.29, 1.82) is 0 Å². The van der Waals surface area contributed by atoms with Crippen LogP contribution >= 0.6 is 0 Å². The molecule has 0 aromatic heterocycles. The molecule has 0 amide bonds. The largest absolute Gasteiger partial charge is 0.398 e. The highest BCUT2D eigenvalue weighted by atomic mass is 19.1. The minimum atomic E-state index is -0.282. The van der Waals surface area contributed by atoms with E-state index in [0.29, 0.717) is 11.3 Å². The number of nitrogens with two attached hydrogens (primary N) is 1. The van der Waals surface area contributed by atoms with Crippen LogP contribution < -0.4 is 5.73 Å². The second-order valence-corrected chi connectivity index (χ2v) is 2.95. The summed E-state index contributed by atoms with van der Waals surface area (Å²) in [7, 11) is 0. The van der Waals surface area contributed by atoms with Gasteiger partial charge < -0.3 is 5.73 Å². The third-order valence-electron chi connectivity index (χ3n) is 1.60. The number of nitrogen functional groups attached to an aromatic ring is 1. The van der Waals surface area contributed by atoms with Crippen LogP contribution in [-0.2, 0) is 0 Å². The van der Waals surface area contributed by atoms with Gasteiger partial charge in [-0.1, -0.05) is 24.3 Å². The molecule has 0 heterocycles. The second-order valence-electron chi connectivity index (χ2n) is 2.95. The molecule has 1 nitrogen and oxygen atoms in total. The Hall–Kier alpha value is -1.57. The van der Waals surface area contributed by atoms with Crippen LogP contribution in [0.15, 0.2) is 36.4 Å². The molecule has 0 radical (unpaired) electrons. The fraction of sp³-hybridized carbons (Fsp3) is 0.0909. The van der Waals surface area contributed by atoms with Crippen LogP contribution in [0.1, 0.15) is 12.5 Å². The fourth-order valence-corrected chi connectivity index (χ4v) is 0.922. The Balaban J connectivity index is 3.00. The van der Waals surface area contributed by atoms with Crippen molar-refractivity contribution in [3.05, 3.63) is 47.8 Å². The average molecular weight is 177 g/mol. The van der Waals surface area contributed by atoms with Crippen molar-refractivity contribution in [2.24, 2.45) is 0 Å². The normalized spacial score (nSPS) is 10.6. The van der Waals surface area contributed by atoms with E-state index in [1.54, 1.807) is 18.2 Å². The summed E-state index contributed by atoms with van der Waals surface area (Å²) >= 11 is 0. The van der Waals surface area contributed by atoms with Gasteiger partial charge >= 0.3 is 0 Å². The molecule has 13 heavy (non-hydrogen) atoms. The predicted octanol–water partition coefficient (Wildman–Crippen LogP) is 3.00. The molecule has 1 rings (SSSR count). The van der Waals surface area contributed by atoms with Crippen LogP contribution in [0.25, 0.3) is 6.08 Å². The number of hydrogen-bond donors (Lipinski definition) is 1. The van der Waals surface area contributed by atoms with Gasteiger partial charge in [0, 0.05) is 11.3 Å². The highest BCUT2D eigenvalue weighted by molar-refractivity contribution is 5.65. The topological polar surface area (TPSA) is 26.0 Å². The summed E-state index contributed by atoms with van der Waals surface area (Å²) in [5.41, 5.74) is 7.79. The van der Waals surface area contributed by atoms with Crippen LogP contribution in [0.4, 0.5) is 10.1 Å². The summed E-state index contributed by atoms with van der Waals surface area (Å²) in [5, 5.41) is 0. The summed E-state index contributed by atoms with van der Waals surface area (Å²) < 4.78 is 12.8. The maximum atomic E-state index is 12.8. The second kappa shape index (κ2) is 3.90. The van der Waals surface area contributed by atoms with Gasteiger partial charge in [0.25, 0.3) is 0 Å². The van der Waals surface area contributed by atoms with E-state index >= 15 is 0 Å². The fourth-order valence-electron chi connectivity index (χ4n) is 0.922. The molecule has 1 aromatic carbocycles. The number of allylic oxidation sites excluding steroid dienone is 2. The molecular formula is C11H12FN. The first-order valence-electron chi connectivity index (χ1n) is 3.98. The van der Waals surface area contributed by atoms with Gasteiger partial charge in [-0.3, -0.25) is 0 Å². The highest BCUT2D eigenvalue weighted by Gasteiger charge is 1.96. The number of anilines is 1. The van der Waals surface area contributed by atoms with E-state index in [9.17, 15) is 4.39 Å². The molecule has 0 spiro atoms. The predicted molar refractivity (Wildman–Crippen MR) is 54.7 cm³/mol. The van der Waals surface area contributed by atoms with E-state index in [1.165, 1.54) is 12.1 Å². The Labute approximate surface area is 77.4 Å². The summed E-state index contributed by atoms with van der Waals surface area (Å²) in [6, 6.07) is 4.29. The average Bonchev–Trinajstić information content (AvgIpc) is 2.06. The zero-order valence-electron chi connectivity index (χ0n) is 7.55. The van der Waals surface area contributed by atoms with Crippen LogP contribution in [0.2, 0.25) is 0 Å². The zero-order chi connectivity index (χ0) is 9.84. The lowest BCUT2D eigenvalue weighted by Gasteiger charge is -1.99. The van der Waals surface area contributed by atoms with Crippen molar-refractivity contribution in [2.45, 2.75) is 6.92 Å². The van der Waals surface area contributed by atoms with Crippen LogP contribution in [0, 0.1) is 5.82 Å². The van der Waals surface area contributed by atoms with E-state index in [0.717, 1.165) is 5.57 Å². The molecule has 0 atom stereocenters. The van der Waals surface area contributed by atoms with Gasteiger partial charge in [-0.15, -0.1) is 0 Å². The molecule has 0 unspecified atom stereocenters. The molecule has 0 aliphatic heterocycles. The van der Waals surface area contributed by atoms with Gasteiger partial charge in [-0.2, -0.15) is 0 Å². The summed E-state index contributed by atoms with van der Waals surface area (Å²) in [6.45, 7) is 5.57. The first-order valence-corrected chi connectivity index (χ1v) is 3.98. The van der Waals surface area contributed by atoms with Gasteiger partial charge in [0.1, 0.15) is 5.82 Å². The quantitative estimate of drug-likeness (QED) is 0.545. The minimum Gasteiger partial charge on any atom is -0.398 e. The molecule has 0 saturated carbocycles. The molecule has 0 bridgehead atoms. The lowest BCUT2D eigenvalue weighted by atomic mass is 10.1. The SMILES string of the molecule is C=C(C)/C=C\c1cc(F)ccc1N. The highest BCUT2D eigenvalue weighted by Crippen LogP contribution is 2.15. The maximum absolute atomic E-state index is 12.8. The van der Waals surface area contributed by atoms with Crippen LogP contribution in [0.3, 0.4) is 0 Å². The van der Waals surface area contributed by atoms with Gasteiger partial charge in [-0.05, 0) is 25.1 Å². The summed E-state index contributed by atoms with van der Waals surface area (Å²) in [4.78, 5) is 0. The van der Waals surface area contributed by atoms with Crippen LogP contribution in [-0.4, -0.2) is 0 Å². The first-order chi connectivity index (χ1) is 6.09. The summed E-state index contributed by atoms with van der Waals surface area (Å²) in [6.07, 6.45) is 3.55. The molecule has 0 aliphatic carbocycles. The number of hydrogen-bond acceptors (Lipinski definition) is 1. The van der Waals surface area contributed by atoms with Gasteiger partial charge in [0.05, 0.1) is 0 Å². The van der Waals surface area contributed by atoms with Crippen LogP contribution in [0.5, 0.6) is 0 Å². The zero-order valence-corrected chi connectivity index (χ0v) is 7.55. The molecule has 0 aliphatic rings. The Morgan fingerprint density at radius 3 is 2.85 bits per heavy atom. The van der Waals surface area contributed by atoms with E-state index in [1.807, 2.05) is 6.92 Å². The van der Waals surface area contributed by atoms with Gasteiger partial charge in [0.15, 0.2) is 0 Å². The standard InChI is InChI=1S/C11H12FN/c1-8(2)3-4-9-7-10(12)5-6-11(9)13/h3-7H,1,13H2,2H3/b4-3-. The summed E-state index contributed by atoms with van der Waals surface area (Å²) in [5.74, 6) is -0.282. The lowest BCUT2D eigenvalue weighted by molar-refractivity contribution is 0.628. The van der Waals surface area contributed by atoms with Crippen molar-refractivity contribution >= 4 is 11.8 Å². The number of halogens is 1. The van der Waals surface area contributed by atoms with E-state index in [2.05, 4.69) is 6.58 Å². The Morgan fingerprint density at radius 2 is 2.23 bits per heavy atom. The van der Waals surface area contributed by atoms with E-state index in [4.69, 9.17) is 5.73 Å². The Bertz CT molecular complexity index is 353. The van der Waals surface area contributed by atoms with Crippen molar-refractivity contribution < 1.29 is 4.39 Å². The molecule has 0 fully saturated rings. The van der Waals surface area contributed by atoms with Crippen molar-refractivity contribution in [3.8, 4) is 0 Å². The van der Waals surface area contributed by atoms with E-state index < -0.39 is 0 Å². The van der Waals surface area contributed by atoms with E-state index in [-0.39, 0.29) is 5.82 Å². The molecule has 2 heteroatoms. The Morgan fingerprint density at radius 1 is 1.54 bits per heavy atom. The minimum absolute atomic E-state index is 0.282. The lowest BCUT2D eigenvalue weighted by Crippen LogP contribution is -1.89. The molecule has 2 N–H and O–H groups in total. The third kappa shape index (κ3) is 2.75. The van der Waals surface area contributed by atoms with Crippen molar-refractivity contribution in [1.82, 2.24) is 0 Å². The molecule has 1 aromatic rings.